The Morgan fingerprint density at radius 1 is 1.07 bits per heavy atom. The number of aryl methyl sites for hydroxylation is 1. The number of benzene rings is 3. The van der Waals surface area contributed by atoms with E-state index in [0.717, 1.165) is 22.3 Å². The van der Waals surface area contributed by atoms with E-state index in [1.54, 1.807) is 4.68 Å². The molecule has 2 heterocycles. The molecule has 0 saturated heterocycles. The van der Waals surface area contributed by atoms with Crippen LogP contribution < -0.4 is 14.8 Å². The fourth-order valence-electron chi connectivity index (χ4n) is 4.87. The molecule has 0 amide bonds. The van der Waals surface area contributed by atoms with Crippen molar-refractivity contribution in [1.29, 1.82) is 0 Å². The van der Waals surface area contributed by atoms with Crippen LogP contribution in [0.25, 0.3) is 0 Å². The molecule has 8 nitrogen and oxygen atoms in total. The van der Waals surface area contributed by atoms with Crippen LogP contribution in [0.4, 0.5) is 5.95 Å². The molecule has 0 aliphatic carbocycles. The monoisotopic (exact) mass is 696 g/mol. The third-order valence-corrected chi connectivity index (χ3v) is 8.93. The second-order valence-electron chi connectivity index (χ2n) is 10.2. The molecule has 5 rings (SSSR count). The van der Waals surface area contributed by atoms with Crippen molar-refractivity contribution < 1.29 is 19.0 Å². The highest BCUT2D eigenvalue weighted by Crippen LogP contribution is 2.44. The topological polar surface area (TPSA) is 87.5 Å². The largest absolute Gasteiger partial charge is 0.490 e. The zero-order valence-electron chi connectivity index (χ0n) is 25.0. The third kappa shape index (κ3) is 7.08. The van der Waals surface area contributed by atoms with Crippen LogP contribution in [0.15, 0.2) is 81.6 Å². The van der Waals surface area contributed by atoms with E-state index in [1.807, 2.05) is 75.4 Å². The minimum absolute atomic E-state index is 0.311. The van der Waals surface area contributed by atoms with Crippen LogP contribution in [-0.4, -0.2) is 33.9 Å². The number of esters is 1. The van der Waals surface area contributed by atoms with Gasteiger partial charge in [-0.3, -0.25) is 0 Å². The number of nitrogens with one attached hydrogen (secondary N) is 1. The molecule has 1 N–H and O–H groups in total. The molecule has 11 heteroatoms. The Bertz CT molecular complexity index is 1690. The van der Waals surface area contributed by atoms with Gasteiger partial charge < -0.3 is 19.5 Å². The first kappa shape index (κ1) is 31.9. The van der Waals surface area contributed by atoms with Crippen molar-refractivity contribution in [2.24, 2.45) is 0 Å². The van der Waals surface area contributed by atoms with Crippen molar-refractivity contribution in [2.45, 2.75) is 57.7 Å². The summed E-state index contributed by atoms with van der Waals surface area (Å²) in [5.41, 5.74) is 5.07. The molecule has 0 radical (unpaired) electrons. The van der Waals surface area contributed by atoms with Gasteiger partial charge in [0, 0.05) is 16.5 Å². The van der Waals surface area contributed by atoms with Gasteiger partial charge in [0.1, 0.15) is 12.6 Å². The zero-order valence-corrected chi connectivity index (χ0v) is 28.2. The van der Waals surface area contributed by atoms with Gasteiger partial charge in [0.2, 0.25) is 11.1 Å². The standard InChI is InChI=1S/C33H34BrClN4O4S/c1-5-15-42-31(40)28-21(4)36-32-37-33(44-19-23-13-9-10-14-26(23)35)38-39(32)29(28)24-16-25(34)30(27(17-24)41-6-2)43-18-22-12-8-7-11-20(22)3/h7-14,16-17,29H,5-6,15,18-19H2,1-4H3,(H,36,37,38). The maximum Gasteiger partial charge on any atom is 0.338 e. The smallest absolute Gasteiger partial charge is 0.338 e. The number of thioether (sulfide) groups is 1. The Balaban J connectivity index is 1.53. The first-order valence-electron chi connectivity index (χ1n) is 14.4. The third-order valence-electron chi connectivity index (χ3n) is 7.09. The van der Waals surface area contributed by atoms with E-state index < -0.39 is 12.0 Å². The second-order valence-corrected chi connectivity index (χ2v) is 12.4. The molecule has 1 aromatic heterocycles. The van der Waals surface area contributed by atoms with Crippen LogP contribution >= 0.6 is 39.3 Å². The number of halogens is 2. The number of hydrogen-bond acceptors (Lipinski definition) is 8. The molecule has 0 fully saturated rings. The minimum atomic E-state index is -0.626. The number of allylic oxidation sites excluding steroid dienone is 1. The molecule has 1 aliphatic rings. The van der Waals surface area contributed by atoms with Gasteiger partial charge in [-0.05, 0) is 83.6 Å². The van der Waals surface area contributed by atoms with Gasteiger partial charge in [0.25, 0.3) is 0 Å². The minimum Gasteiger partial charge on any atom is -0.490 e. The Hall–Kier alpha value is -3.47. The summed E-state index contributed by atoms with van der Waals surface area (Å²) in [7, 11) is 0. The molecule has 0 saturated carbocycles. The number of hydrogen-bond donors (Lipinski definition) is 1. The SMILES string of the molecule is CCCOC(=O)C1=C(C)Nc2nc(SCc3ccccc3Cl)nn2C1c1cc(Br)c(OCc2ccccc2C)c(OCC)c1. The Morgan fingerprint density at radius 2 is 1.82 bits per heavy atom. The van der Waals surface area contributed by atoms with Crippen LogP contribution in [0.5, 0.6) is 11.5 Å². The van der Waals surface area contributed by atoms with Crippen molar-refractivity contribution in [3.05, 3.63) is 104 Å². The summed E-state index contributed by atoms with van der Waals surface area (Å²) >= 11 is 11.6. The van der Waals surface area contributed by atoms with Crippen LogP contribution in [0.3, 0.4) is 0 Å². The van der Waals surface area contributed by atoms with Crippen molar-refractivity contribution in [1.82, 2.24) is 14.8 Å². The molecular weight excluding hydrogens is 664 g/mol. The number of aromatic nitrogens is 3. The highest BCUT2D eigenvalue weighted by Gasteiger charge is 2.36. The van der Waals surface area contributed by atoms with Gasteiger partial charge in [0.05, 0.1) is 23.3 Å². The number of rotatable bonds is 12. The van der Waals surface area contributed by atoms with E-state index in [0.29, 0.717) is 75.4 Å². The summed E-state index contributed by atoms with van der Waals surface area (Å²) in [5, 5.41) is 9.36. The van der Waals surface area contributed by atoms with E-state index in [9.17, 15) is 4.79 Å². The van der Waals surface area contributed by atoms with Crippen LogP contribution in [0.1, 0.15) is 55.5 Å². The normalized spacial score (nSPS) is 14.2. The lowest BCUT2D eigenvalue weighted by atomic mass is 9.95. The molecule has 44 heavy (non-hydrogen) atoms. The van der Waals surface area contributed by atoms with Gasteiger partial charge in [-0.1, -0.05) is 72.8 Å². The molecular formula is C33H34BrClN4O4S. The predicted octanol–water partition coefficient (Wildman–Crippen LogP) is 8.51. The number of carbonyl (C=O) groups is 1. The Morgan fingerprint density at radius 3 is 2.55 bits per heavy atom. The van der Waals surface area contributed by atoms with Crippen LogP contribution in [0, 0.1) is 6.92 Å². The lowest BCUT2D eigenvalue weighted by molar-refractivity contribution is -0.139. The average Bonchev–Trinajstić information content (AvgIpc) is 3.41. The lowest BCUT2D eigenvalue weighted by Crippen LogP contribution is -2.30. The number of anilines is 1. The first-order chi connectivity index (χ1) is 21.3. The highest BCUT2D eigenvalue weighted by atomic mass is 79.9. The highest BCUT2D eigenvalue weighted by molar-refractivity contribution is 9.10. The lowest BCUT2D eigenvalue weighted by Gasteiger charge is -2.29. The molecule has 1 aliphatic heterocycles. The molecule has 3 aromatic carbocycles. The molecule has 1 atom stereocenters. The number of ether oxygens (including phenoxy) is 3. The van der Waals surface area contributed by atoms with Crippen LogP contribution in [-0.2, 0) is 21.9 Å². The number of carbonyl (C=O) groups excluding carboxylic acids is 1. The molecule has 230 valence electrons. The molecule has 0 spiro atoms. The van der Waals surface area contributed by atoms with Gasteiger partial charge >= 0.3 is 5.97 Å². The van der Waals surface area contributed by atoms with Gasteiger partial charge in [0.15, 0.2) is 11.5 Å². The Labute approximate surface area is 275 Å². The molecule has 1 unspecified atom stereocenters. The summed E-state index contributed by atoms with van der Waals surface area (Å²) in [5.74, 6) is 1.84. The quantitative estimate of drug-likeness (QED) is 0.117. The zero-order chi connectivity index (χ0) is 31.2. The van der Waals surface area contributed by atoms with E-state index >= 15 is 0 Å². The molecule has 0 bridgehead atoms. The summed E-state index contributed by atoms with van der Waals surface area (Å²) in [6, 6.07) is 19.0. The van der Waals surface area contributed by atoms with E-state index in [1.165, 1.54) is 11.8 Å². The average molecular weight is 698 g/mol. The van der Waals surface area contributed by atoms with Crippen molar-refractivity contribution in [3.63, 3.8) is 0 Å². The fourth-order valence-corrected chi connectivity index (χ4v) is 6.56. The predicted molar refractivity (Wildman–Crippen MR) is 178 cm³/mol. The second kappa shape index (κ2) is 14.5. The van der Waals surface area contributed by atoms with E-state index in [-0.39, 0.29) is 0 Å². The summed E-state index contributed by atoms with van der Waals surface area (Å²) in [6.07, 6.45) is 0.709. The first-order valence-corrected chi connectivity index (χ1v) is 16.6. The van der Waals surface area contributed by atoms with E-state index in [2.05, 4.69) is 34.2 Å². The van der Waals surface area contributed by atoms with E-state index in [4.69, 9.17) is 35.9 Å². The Kier molecular flexibility index (Phi) is 10.6. The maximum atomic E-state index is 13.5. The van der Waals surface area contributed by atoms with Gasteiger partial charge in [-0.2, -0.15) is 4.98 Å². The summed E-state index contributed by atoms with van der Waals surface area (Å²) < 4.78 is 20.4. The van der Waals surface area contributed by atoms with Gasteiger partial charge in [-0.25, -0.2) is 9.48 Å². The van der Waals surface area contributed by atoms with Crippen molar-refractivity contribution in [3.8, 4) is 11.5 Å². The fraction of sp³-hybridized carbons (Fsp3) is 0.303. The van der Waals surface area contributed by atoms with Crippen LogP contribution in [0.2, 0.25) is 5.02 Å². The number of nitrogens with zero attached hydrogens (tertiary/aromatic N) is 3. The number of fused-ring (bicyclic) bond motifs is 1. The molecule has 4 aromatic rings. The van der Waals surface area contributed by atoms with Gasteiger partial charge in [-0.15, -0.1) is 5.10 Å². The van der Waals surface area contributed by atoms with Crippen molar-refractivity contribution in [2.75, 3.05) is 18.5 Å². The summed E-state index contributed by atoms with van der Waals surface area (Å²) in [6.45, 7) is 8.91. The maximum absolute atomic E-state index is 13.5. The summed E-state index contributed by atoms with van der Waals surface area (Å²) in [4.78, 5) is 18.3. The van der Waals surface area contributed by atoms with Crippen molar-refractivity contribution >= 4 is 51.2 Å².